The lowest BCUT2D eigenvalue weighted by Crippen LogP contribution is -2.42. The van der Waals surface area contributed by atoms with Crippen molar-refractivity contribution < 1.29 is 14.3 Å². The monoisotopic (exact) mass is 450 g/mol. The van der Waals surface area contributed by atoms with E-state index in [9.17, 15) is 9.59 Å². The van der Waals surface area contributed by atoms with Gasteiger partial charge in [0.15, 0.2) is 5.65 Å². The van der Waals surface area contributed by atoms with Crippen molar-refractivity contribution in [2.45, 2.75) is 45.2 Å². The van der Waals surface area contributed by atoms with Gasteiger partial charge in [-0.3, -0.25) is 19.5 Å². The average Bonchev–Trinajstić information content (AvgIpc) is 3.15. The SMILES string of the molecule is COCCCn1c(NC(=O)c2cccc(N)c2)nc2cc(C(=O)N3CCCCC3C)cnc21. The number of piperidine rings is 1. The molecule has 1 atom stereocenters. The van der Waals surface area contributed by atoms with Crippen molar-refractivity contribution in [1.29, 1.82) is 0 Å². The van der Waals surface area contributed by atoms with Crippen LogP contribution in [0, 0.1) is 0 Å². The third-order valence-electron chi connectivity index (χ3n) is 6.00. The Hall–Kier alpha value is -3.46. The third-order valence-corrected chi connectivity index (χ3v) is 6.00. The number of benzene rings is 1. The van der Waals surface area contributed by atoms with Crippen LogP contribution in [0.2, 0.25) is 0 Å². The Labute approximate surface area is 192 Å². The maximum Gasteiger partial charge on any atom is 0.258 e. The maximum atomic E-state index is 13.1. The summed E-state index contributed by atoms with van der Waals surface area (Å²) >= 11 is 0. The van der Waals surface area contributed by atoms with E-state index < -0.39 is 0 Å². The van der Waals surface area contributed by atoms with E-state index in [2.05, 4.69) is 22.2 Å². The predicted octanol–water partition coefficient (Wildman–Crippen LogP) is 3.32. The van der Waals surface area contributed by atoms with Gasteiger partial charge in [-0.15, -0.1) is 0 Å². The predicted molar refractivity (Wildman–Crippen MR) is 127 cm³/mol. The molecule has 1 unspecified atom stereocenters. The summed E-state index contributed by atoms with van der Waals surface area (Å²) < 4.78 is 7.02. The summed E-state index contributed by atoms with van der Waals surface area (Å²) in [7, 11) is 1.65. The summed E-state index contributed by atoms with van der Waals surface area (Å²) in [4.78, 5) is 37.0. The molecule has 1 aromatic carbocycles. The molecule has 3 N–H and O–H groups in total. The van der Waals surface area contributed by atoms with E-state index in [1.807, 2.05) is 9.47 Å². The summed E-state index contributed by atoms with van der Waals surface area (Å²) in [5, 5.41) is 2.87. The summed E-state index contributed by atoms with van der Waals surface area (Å²) in [6.07, 6.45) is 5.49. The zero-order valence-corrected chi connectivity index (χ0v) is 19.1. The molecule has 1 aliphatic rings. The van der Waals surface area contributed by atoms with E-state index in [1.54, 1.807) is 43.6 Å². The minimum atomic E-state index is -0.316. The summed E-state index contributed by atoms with van der Waals surface area (Å²) in [6, 6.07) is 8.73. The Morgan fingerprint density at radius 2 is 2.09 bits per heavy atom. The molecule has 0 spiro atoms. The third kappa shape index (κ3) is 4.98. The number of hydrogen-bond acceptors (Lipinski definition) is 6. The Bertz CT molecular complexity index is 1160. The maximum absolute atomic E-state index is 13.1. The number of likely N-dealkylation sites (tertiary alicyclic amines) is 1. The van der Waals surface area contributed by atoms with Gasteiger partial charge in [0.2, 0.25) is 5.95 Å². The first-order chi connectivity index (χ1) is 16.0. The van der Waals surface area contributed by atoms with E-state index in [-0.39, 0.29) is 17.9 Å². The minimum absolute atomic E-state index is 0.0316. The first-order valence-corrected chi connectivity index (χ1v) is 11.3. The van der Waals surface area contributed by atoms with Gasteiger partial charge in [-0.05, 0) is 56.9 Å². The van der Waals surface area contributed by atoms with Crippen LogP contribution < -0.4 is 11.1 Å². The molecule has 0 aliphatic carbocycles. The fourth-order valence-corrected chi connectivity index (χ4v) is 4.22. The molecular weight excluding hydrogens is 420 g/mol. The van der Waals surface area contributed by atoms with E-state index in [0.29, 0.717) is 47.1 Å². The van der Waals surface area contributed by atoms with E-state index in [0.717, 1.165) is 32.2 Å². The minimum Gasteiger partial charge on any atom is -0.399 e. The van der Waals surface area contributed by atoms with Gasteiger partial charge in [0.25, 0.3) is 11.8 Å². The van der Waals surface area contributed by atoms with Crippen molar-refractivity contribution in [2.24, 2.45) is 0 Å². The van der Waals surface area contributed by atoms with E-state index >= 15 is 0 Å². The molecule has 174 valence electrons. The normalized spacial score (nSPS) is 16.2. The highest BCUT2D eigenvalue weighted by molar-refractivity contribution is 6.04. The number of rotatable bonds is 7. The van der Waals surface area contributed by atoms with Gasteiger partial charge in [-0.1, -0.05) is 6.07 Å². The number of amides is 2. The van der Waals surface area contributed by atoms with Crippen molar-refractivity contribution >= 4 is 34.6 Å². The molecule has 33 heavy (non-hydrogen) atoms. The molecule has 1 saturated heterocycles. The molecule has 0 bridgehead atoms. The Morgan fingerprint density at radius 1 is 1.24 bits per heavy atom. The first-order valence-electron chi connectivity index (χ1n) is 11.3. The highest BCUT2D eigenvalue weighted by Crippen LogP contribution is 2.23. The summed E-state index contributed by atoms with van der Waals surface area (Å²) in [5.41, 5.74) is 8.44. The van der Waals surface area contributed by atoms with Crippen LogP contribution in [-0.4, -0.2) is 57.6 Å². The van der Waals surface area contributed by atoms with E-state index in [1.165, 1.54) is 0 Å². The van der Waals surface area contributed by atoms with Crippen LogP contribution in [0.4, 0.5) is 11.6 Å². The fourth-order valence-electron chi connectivity index (χ4n) is 4.22. The quantitative estimate of drug-likeness (QED) is 0.421. The number of aryl methyl sites for hydroxylation is 1. The number of aromatic nitrogens is 3. The zero-order chi connectivity index (χ0) is 23.4. The second-order valence-electron chi connectivity index (χ2n) is 8.42. The molecule has 0 radical (unpaired) electrons. The summed E-state index contributed by atoms with van der Waals surface area (Å²) in [6.45, 7) is 3.95. The number of nitrogens with one attached hydrogen (secondary N) is 1. The molecular formula is C24H30N6O3. The number of anilines is 2. The standard InChI is InChI=1S/C24H30N6O3/c1-16-7-3-4-10-29(16)23(32)18-14-20-21(26-15-18)30(11-6-12-33-2)24(27-20)28-22(31)17-8-5-9-19(25)13-17/h5,8-9,13-16H,3-4,6-7,10-12,25H2,1-2H3,(H,27,28,31). The smallest absolute Gasteiger partial charge is 0.258 e. The van der Waals surface area contributed by atoms with Gasteiger partial charge in [-0.25, -0.2) is 9.97 Å². The number of imidazole rings is 1. The molecule has 4 rings (SSSR count). The lowest BCUT2D eigenvalue weighted by molar-refractivity contribution is 0.0635. The highest BCUT2D eigenvalue weighted by atomic mass is 16.5. The van der Waals surface area contributed by atoms with Crippen LogP contribution in [-0.2, 0) is 11.3 Å². The van der Waals surface area contributed by atoms with Gasteiger partial charge in [0.1, 0.15) is 5.52 Å². The number of nitrogens with two attached hydrogens (primary N) is 1. The number of pyridine rings is 1. The fraction of sp³-hybridized carbons (Fsp3) is 0.417. The average molecular weight is 451 g/mol. The Morgan fingerprint density at radius 3 is 2.85 bits per heavy atom. The molecule has 0 saturated carbocycles. The number of methoxy groups -OCH3 is 1. The second-order valence-corrected chi connectivity index (χ2v) is 8.42. The first kappa shape index (κ1) is 22.7. The van der Waals surface area contributed by atoms with Crippen molar-refractivity contribution in [3.8, 4) is 0 Å². The van der Waals surface area contributed by atoms with E-state index in [4.69, 9.17) is 10.5 Å². The van der Waals surface area contributed by atoms with Crippen molar-refractivity contribution in [2.75, 3.05) is 31.3 Å². The lowest BCUT2D eigenvalue weighted by atomic mass is 10.0. The largest absolute Gasteiger partial charge is 0.399 e. The number of fused-ring (bicyclic) bond motifs is 1. The van der Waals surface area contributed by atoms with Gasteiger partial charge in [0.05, 0.1) is 5.56 Å². The van der Waals surface area contributed by atoms with Crippen LogP contribution >= 0.6 is 0 Å². The van der Waals surface area contributed by atoms with Crippen LogP contribution in [0.5, 0.6) is 0 Å². The molecule has 3 aromatic rings. The molecule has 2 aromatic heterocycles. The number of hydrogen-bond donors (Lipinski definition) is 2. The van der Waals surface area contributed by atoms with Crippen molar-refractivity contribution in [3.05, 3.63) is 47.7 Å². The number of carbonyl (C=O) groups is 2. The van der Waals surface area contributed by atoms with Gasteiger partial charge in [-0.2, -0.15) is 0 Å². The summed E-state index contributed by atoms with van der Waals surface area (Å²) in [5.74, 6) is 0.0249. The van der Waals surface area contributed by atoms with Crippen LogP contribution in [0.25, 0.3) is 11.2 Å². The van der Waals surface area contributed by atoms with Gasteiger partial charge >= 0.3 is 0 Å². The van der Waals surface area contributed by atoms with Gasteiger partial charge in [0, 0.05) is 50.3 Å². The number of nitrogens with zero attached hydrogens (tertiary/aromatic N) is 4. The van der Waals surface area contributed by atoms with Crippen LogP contribution in [0.3, 0.4) is 0 Å². The Balaban J connectivity index is 1.65. The molecule has 9 nitrogen and oxygen atoms in total. The van der Waals surface area contributed by atoms with Crippen LogP contribution in [0.1, 0.15) is 53.3 Å². The van der Waals surface area contributed by atoms with Crippen LogP contribution in [0.15, 0.2) is 36.5 Å². The Kier molecular flexibility index (Phi) is 6.88. The lowest BCUT2D eigenvalue weighted by Gasteiger charge is -2.33. The van der Waals surface area contributed by atoms with Crippen molar-refractivity contribution in [3.63, 3.8) is 0 Å². The second kappa shape index (κ2) is 9.99. The molecule has 3 heterocycles. The molecule has 9 heteroatoms. The molecule has 1 aliphatic heterocycles. The number of carbonyl (C=O) groups excluding carboxylic acids is 2. The highest BCUT2D eigenvalue weighted by Gasteiger charge is 2.25. The topological polar surface area (TPSA) is 115 Å². The van der Waals surface area contributed by atoms with Gasteiger partial charge < -0.3 is 15.4 Å². The van der Waals surface area contributed by atoms with Crippen molar-refractivity contribution in [1.82, 2.24) is 19.4 Å². The number of ether oxygens (including phenoxy) is 1. The molecule has 1 fully saturated rings. The molecule has 2 amide bonds. The number of nitrogen functional groups attached to an aromatic ring is 1. The zero-order valence-electron chi connectivity index (χ0n) is 19.1.